The van der Waals surface area contributed by atoms with Crippen molar-refractivity contribution in [3.63, 3.8) is 0 Å². The average Bonchev–Trinajstić information content (AvgIpc) is 2.40. The second kappa shape index (κ2) is 7.36. The van der Waals surface area contributed by atoms with Gasteiger partial charge in [0.25, 0.3) is 0 Å². The molecule has 19 heavy (non-hydrogen) atoms. The van der Waals surface area contributed by atoms with Crippen LogP contribution in [0.2, 0.25) is 0 Å². The van der Waals surface area contributed by atoms with Gasteiger partial charge in [-0.25, -0.2) is 4.79 Å². The van der Waals surface area contributed by atoms with Gasteiger partial charge in [-0.15, -0.1) is 0 Å². The number of rotatable bonds is 5. The molecule has 0 aliphatic heterocycles. The Labute approximate surface area is 115 Å². The third kappa shape index (κ3) is 4.11. The number of amides is 2. The fourth-order valence-electron chi connectivity index (χ4n) is 2.86. The number of nitrogens with one attached hydrogen (secondary N) is 1. The molecule has 0 aromatic heterocycles. The highest BCUT2D eigenvalue weighted by Gasteiger charge is 2.32. The summed E-state index contributed by atoms with van der Waals surface area (Å²) in [7, 11) is 1.78. The van der Waals surface area contributed by atoms with Crippen LogP contribution in [0.1, 0.15) is 52.4 Å². The maximum atomic E-state index is 12.2. The van der Waals surface area contributed by atoms with Gasteiger partial charge in [0.2, 0.25) is 0 Å². The lowest BCUT2D eigenvalue weighted by atomic mass is 9.84. The van der Waals surface area contributed by atoms with Crippen LogP contribution in [0.4, 0.5) is 4.79 Å². The fraction of sp³-hybridized carbons (Fsp3) is 0.857. The first kappa shape index (κ1) is 15.8. The number of carbonyl (C=O) groups is 2. The molecule has 0 aromatic rings. The maximum Gasteiger partial charge on any atom is 0.317 e. The molecule has 5 heteroatoms. The number of nitrogens with zero attached hydrogens (tertiary/aromatic N) is 1. The molecule has 1 saturated carbocycles. The summed E-state index contributed by atoms with van der Waals surface area (Å²) >= 11 is 0. The predicted octanol–water partition coefficient (Wildman–Crippen LogP) is 2.46. The fourth-order valence-corrected chi connectivity index (χ4v) is 2.86. The van der Waals surface area contributed by atoms with Crippen LogP contribution in [0.5, 0.6) is 0 Å². The van der Waals surface area contributed by atoms with Gasteiger partial charge in [0.05, 0.1) is 5.92 Å². The van der Waals surface area contributed by atoms with E-state index in [0.29, 0.717) is 6.42 Å². The largest absolute Gasteiger partial charge is 0.481 e. The molecule has 1 aliphatic carbocycles. The van der Waals surface area contributed by atoms with Crippen molar-refractivity contribution < 1.29 is 14.7 Å². The Kier molecular flexibility index (Phi) is 6.12. The van der Waals surface area contributed by atoms with Crippen molar-refractivity contribution in [2.24, 2.45) is 5.92 Å². The van der Waals surface area contributed by atoms with Crippen molar-refractivity contribution in [2.45, 2.75) is 64.5 Å². The van der Waals surface area contributed by atoms with Gasteiger partial charge in [-0.2, -0.15) is 0 Å². The van der Waals surface area contributed by atoms with E-state index in [1.807, 2.05) is 0 Å². The van der Waals surface area contributed by atoms with E-state index in [1.165, 1.54) is 0 Å². The monoisotopic (exact) mass is 270 g/mol. The summed E-state index contributed by atoms with van der Waals surface area (Å²) in [4.78, 5) is 25.1. The molecule has 2 amide bonds. The SMILES string of the molecule is CCC(CC)N(C)C(=O)NC1CCCCC1C(=O)O. The normalized spacial score (nSPS) is 23.2. The molecule has 2 atom stereocenters. The molecular weight excluding hydrogens is 244 g/mol. The lowest BCUT2D eigenvalue weighted by molar-refractivity contribution is -0.143. The average molecular weight is 270 g/mol. The Morgan fingerprint density at radius 3 is 2.37 bits per heavy atom. The van der Waals surface area contributed by atoms with Crippen LogP contribution in [-0.4, -0.2) is 41.1 Å². The van der Waals surface area contributed by atoms with Crippen LogP contribution in [0.25, 0.3) is 0 Å². The quantitative estimate of drug-likeness (QED) is 0.806. The number of carboxylic acid groups (broad SMARTS) is 1. The molecule has 0 bridgehead atoms. The Bertz CT molecular complexity index is 316. The van der Waals surface area contributed by atoms with Gasteiger partial charge in [0.15, 0.2) is 0 Å². The Morgan fingerprint density at radius 2 is 1.84 bits per heavy atom. The number of aliphatic carboxylic acids is 1. The summed E-state index contributed by atoms with van der Waals surface area (Å²) in [5, 5.41) is 12.1. The molecular formula is C14H26N2O3. The summed E-state index contributed by atoms with van der Waals surface area (Å²) in [6, 6.07) is -0.158. The summed E-state index contributed by atoms with van der Waals surface area (Å²) in [5.74, 6) is -1.23. The standard InChI is InChI=1S/C14H26N2O3/c1-4-10(5-2)16(3)14(19)15-12-9-7-6-8-11(12)13(17)18/h10-12H,4-9H2,1-3H3,(H,15,19)(H,17,18). The molecule has 0 saturated heterocycles. The van der Waals surface area contributed by atoms with E-state index < -0.39 is 11.9 Å². The van der Waals surface area contributed by atoms with E-state index in [2.05, 4.69) is 19.2 Å². The van der Waals surface area contributed by atoms with E-state index in [-0.39, 0.29) is 18.1 Å². The third-order valence-corrected chi connectivity index (χ3v) is 4.20. The van der Waals surface area contributed by atoms with Gasteiger partial charge in [0, 0.05) is 19.1 Å². The van der Waals surface area contributed by atoms with Crippen molar-refractivity contribution in [1.29, 1.82) is 0 Å². The third-order valence-electron chi connectivity index (χ3n) is 4.20. The van der Waals surface area contributed by atoms with E-state index in [0.717, 1.165) is 32.1 Å². The van der Waals surface area contributed by atoms with Crippen molar-refractivity contribution in [1.82, 2.24) is 10.2 Å². The lowest BCUT2D eigenvalue weighted by Gasteiger charge is -2.33. The molecule has 0 radical (unpaired) electrons. The van der Waals surface area contributed by atoms with Crippen LogP contribution in [0.15, 0.2) is 0 Å². The van der Waals surface area contributed by atoms with Crippen molar-refractivity contribution in [3.8, 4) is 0 Å². The number of hydrogen-bond donors (Lipinski definition) is 2. The van der Waals surface area contributed by atoms with E-state index in [4.69, 9.17) is 0 Å². The maximum absolute atomic E-state index is 12.2. The smallest absolute Gasteiger partial charge is 0.317 e. The minimum Gasteiger partial charge on any atom is -0.481 e. The first-order chi connectivity index (χ1) is 9.01. The van der Waals surface area contributed by atoms with Crippen LogP contribution >= 0.6 is 0 Å². The lowest BCUT2D eigenvalue weighted by Crippen LogP contribution is -2.51. The topological polar surface area (TPSA) is 69.6 Å². The van der Waals surface area contributed by atoms with Crippen molar-refractivity contribution in [3.05, 3.63) is 0 Å². The van der Waals surface area contributed by atoms with E-state index in [1.54, 1.807) is 11.9 Å². The Morgan fingerprint density at radius 1 is 1.26 bits per heavy atom. The predicted molar refractivity (Wildman–Crippen MR) is 74.0 cm³/mol. The number of hydrogen-bond acceptors (Lipinski definition) is 2. The minimum absolute atomic E-state index is 0.146. The number of urea groups is 1. The van der Waals surface area contributed by atoms with Gasteiger partial charge in [-0.05, 0) is 25.7 Å². The van der Waals surface area contributed by atoms with Gasteiger partial charge < -0.3 is 15.3 Å². The Balaban J connectivity index is 2.61. The highest BCUT2D eigenvalue weighted by atomic mass is 16.4. The zero-order chi connectivity index (χ0) is 14.4. The highest BCUT2D eigenvalue weighted by Crippen LogP contribution is 2.25. The second-order valence-corrected chi connectivity index (χ2v) is 5.37. The highest BCUT2D eigenvalue weighted by molar-refractivity contribution is 5.77. The molecule has 1 fully saturated rings. The summed E-state index contributed by atoms with van der Waals surface area (Å²) in [5.41, 5.74) is 0. The van der Waals surface area contributed by atoms with Crippen LogP contribution < -0.4 is 5.32 Å². The van der Waals surface area contributed by atoms with Crippen LogP contribution in [0.3, 0.4) is 0 Å². The molecule has 0 aromatic carbocycles. The van der Waals surface area contributed by atoms with Gasteiger partial charge in [-0.1, -0.05) is 26.7 Å². The van der Waals surface area contributed by atoms with Gasteiger partial charge in [-0.3, -0.25) is 4.79 Å². The van der Waals surface area contributed by atoms with Gasteiger partial charge in [0.1, 0.15) is 0 Å². The van der Waals surface area contributed by atoms with Crippen molar-refractivity contribution in [2.75, 3.05) is 7.05 Å². The van der Waals surface area contributed by atoms with E-state index in [9.17, 15) is 14.7 Å². The van der Waals surface area contributed by atoms with Gasteiger partial charge >= 0.3 is 12.0 Å². The molecule has 5 nitrogen and oxygen atoms in total. The van der Waals surface area contributed by atoms with Crippen LogP contribution in [0, 0.1) is 5.92 Å². The zero-order valence-electron chi connectivity index (χ0n) is 12.2. The molecule has 2 unspecified atom stereocenters. The minimum atomic E-state index is -0.796. The van der Waals surface area contributed by atoms with Crippen molar-refractivity contribution >= 4 is 12.0 Å². The first-order valence-corrected chi connectivity index (χ1v) is 7.27. The molecule has 1 aliphatic rings. The number of carboxylic acids is 1. The molecule has 0 heterocycles. The van der Waals surface area contributed by atoms with E-state index >= 15 is 0 Å². The Hall–Kier alpha value is -1.26. The number of carbonyl (C=O) groups excluding carboxylic acids is 1. The van der Waals surface area contributed by atoms with Crippen LogP contribution in [-0.2, 0) is 4.79 Å². The zero-order valence-corrected chi connectivity index (χ0v) is 12.2. The summed E-state index contributed by atoms with van der Waals surface area (Å²) in [6.45, 7) is 4.11. The first-order valence-electron chi connectivity index (χ1n) is 7.27. The second-order valence-electron chi connectivity index (χ2n) is 5.37. The molecule has 0 spiro atoms. The molecule has 2 N–H and O–H groups in total. The molecule has 1 rings (SSSR count). The summed E-state index contributed by atoms with van der Waals surface area (Å²) in [6.07, 6.45) is 5.17. The summed E-state index contributed by atoms with van der Waals surface area (Å²) < 4.78 is 0. The molecule has 110 valence electrons.